The van der Waals surface area contributed by atoms with Gasteiger partial charge in [0.05, 0.1) is 11.4 Å². The van der Waals surface area contributed by atoms with Gasteiger partial charge in [-0.05, 0) is 48.0 Å². The first-order chi connectivity index (χ1) is 18.6. The molecular weight excluding hydrogens is 517 g/mol. The normalized spacial score (nSPS) is 11.4. The Hall–Kier alpha value is -4.34. The number of carbonyl (C=O) groups excluding carboxylic acids is 1. The first-order valence-electron chi connectivity index (χ1n) is 11.7. The third-order valence-corrected chi connectivity index (χ3v) is 7.27. The van der Waals surface area contributed by atoms with E-state index in [-0.39, 0.29) is 11.7 Å². The van der Waals surface area contributed by atoms with E-state index in [9.17, 15) is 9.18 Å². The van der Waals surface area contributed by atoms with E-state index in [1.54, 1.807) is 34.7 Å². The molecule has 188 valence electrons. The van der Waals surface area contributed by atoms with Crippen LogP contribution in [0.4, 0.5) is 9.52 Å². The molecule has 2 heterocycles. The average molecular weight is 540 g/mol. The second kappa shape index (κ2) is 12.3. The molecule has 0 fully saturated rings. The van der Waals surface area contributed by atoms with Crippen LogP contribution in [0.3, 0.4) is 0 Å². The number of hydrogen-bond donors (Lipinski definition) is 1. The fraction of sp³-hybridized carbons (Fsp3) is 0.0345. The predicted octanol–water partition coefficient (Wildman–Crippen LogP) is 6.99. The molecule has 9 heteroatoms. The first-order valence-corrected chi connectivity index (χ1v) is 13.5. The summed E-state index contributed by atoms with van der Waals surface area (Å²) in [6.45, 7) is 0. The van der Waals surface area contributed by atoms with Crippen molar-refractivity contribution in [3.8, 4) is 16.9 Å². The third kappa shape index (κ3) is 6.70. The van der Waals surface area contributed by atoms with Crippen LogP contribution in [0.2, 0.25) is 0 Å². The lowest BCUT2D eigenvalue weighted by atomic mass is 10.1. The van der Waals surface area contributed by atoms with Crippen LogP contribution in [0.1, 0.15) is 11.1 Å². The minimum atomic E-state index is -0.334. The molecule has 0 atom stereocenters. The zero-order valence-corrected chi connectivity index (χ0v) is 21.7. The van der Waals surface area contributed by atoms with E-state index in [2.05, 4.69) is 32.8 Å². The van der Waals surface area contributed by atoms with Crippen molar-refractivity contribution in [2.75, 3.05) is 11.1 Å². The Bertz CT molecular complexity index is 1560. The highest BCUT2D eigenvalue weighted by Gasteiger charge is 2.12. The molecule has 0 saturated carbocycles. The molecule has 0 aliphatic rings. The molecule has 3 aromatic carbocycles. The van der Waals surface area contributed by atoms with Crippen molar-refractivity contribution in [3.63, 3.8) is 0 Å². The number of aromatic nitrogens is 4. The molecule has 0 aliphatic heterocycles. The van der Waals surface area contributed by atoms with Gasteiger partial charge in [-0.3, -0.25) is 10.1 Å². The average Bonchev–Trinajstić information content (AvgIpc) is 3.58. The number of nitrogens with zero attached hydrogens (tertiary/aromatic N) is 4. The predicted molar refractivity (Wildman–Crippen MR) is 153 cm³/mol. The van der Waals surface area contributed by atoms with Crippen LogP contribution in [0.15, 0.2) is 108 Å². The van der Waals surface area contributed by atoms with Gasteiger partial charge in [0.1, 0.15) is 5.82 Å². The van der Waals surface area contributed by atoms with Crippen LogP contribution < -0.4 is 5.32 Å². The van der Waals surface area contributed by atoms with Crippen LogP contribution in [0.5, 0.6) is 0 Å². The van der Waals surface area contributed by atoms with Gasteiger partial charge in [-0.2, -0.15) is 5.10 Å². The number of hydrogen-bond acceptors (Lipinski definition) is 6. The van der Waals surface area contributed by atoms with Crippen LogP contribution in [0, 0.1) is 5.82 Å². The molecule has 6 nitrogen and oxygen atoms in total. The highest BCUT2D eigenvalue weighted by molar-refractivity contribution is 8.01. The summed E-state index contributed by atoms with van der Waals surface area (Å²) in [7, 11) is 0. The summed E-state index contributed by atoms with van der Waals surface area (Å²) >= 11 is 2.87. The Morgan fingerprint density at radius 2 is 1.68 bits per heavy atom. The molecule has 38 heavy (non-hydrogen) atoms. The highest BCUT2D eigenvalue weighted by Crippen LogP contribution is 2.27. The van der Waals surface area contributed by atoms with Crippen LogP contribution in [0.25, 0.3) is 29.1 Å². The molecule has 0 aliphatic carbocycles. The fourth-order valence-corrected chi connectivity index (χ4v) is 5.14. The number of benzene rings is 3. The Kier molecular flexibility index (Phi) is 8.17. The van der Waals surface area contributed by atoms with Crippen molar-refractivity contribution in [2.45, 2.75) is 4.34 Å². The maximum absolute atomic E-state index is 13.5. The highest BCUT2D eigenvalue weighted by atomic mass is 32.2. The lowest BCUT2D eigenvalue weighted by molar-refractivity contribution is -0.111. The van der Waals surface area contributed by atoms with Crippen LogP contribution >= 0.6 is 23.1 Å². The lowest BCUT2D eigenvalue weighted by Crippen LogP contribution is -2.07. The number of rotatable bonds is 9. The second-order valence-corrected chi connectivity index (χ2v) is 10.3. The van der Waals surface area contributed by atoms with Gasteiger partial charge in [0, 0.05) is 29.2 Å². The summed E-state index contributed by atoms with van der Waals surface area (Å²) < 4.78 is 16.0. The molecule has 0 saturated heterocycles. The zero-order valence-electron chi connectivity index (χ0n) is 20.1. The third-order valence-electron chi connectivity index (χ3n) is 5.34. The summed E-state index contributed by atoms with van der Waals surface area (Å²) in [5.41, 5.74) is 4.11. The van der Waals surface area contributed by atoms with Crippen molar-refractivity contribution in [1.82, 2.24) is 20.0 Å². The van der Waals surface area contributed by atoms with Gasteiger partial charge in [-0.15, -0.1) is 10.2 Å². The number of amides is 1. The summed E-state index contributed by atoms with van der Waals surface area (Å²) in [5, 5.41) is 16.1. The van der Waals surface area contributed by atoms with Crippen molar-refractivity contribution in [2.24, 2.45) is 0 Å². The number of carbonyl (C=O) groups is 1. The molecule has 5 rings (SSSR count). The minimum absolute atomic E-state index is 0.325. The summed E-state index contributed by atoms with van der Waals surface area (Å²) in [6, 6.07) is 25.8. The first kappa shape index (κ1) is 25.3. The lowest BCUT2D eigenvalue weighted by Gasteiger charge is -2.00. The minimum Gasteiger partial charge on any atom is -0.297 e. The van der Waals surface area contributed by atoms with Gasteiger partial charge in [0.15, 0.2) is 4.34 Å². The summed E-state index contributed by atoms with van der Waals surface area (Å²) in [4.78, 5) is 12.6. The van der Waals surface area contributed by atoms with E-state index < -0.39 is 0 Å². The van der Waals surface area contributed by atoms with Gasteiger partial charge in [-0.1, -0.05) is 83.8 Å². The molecule has 2 aromatic heterocycles. The maximum atomic E-state index is 13.5. The maximum Gasteiger partial charge on any atom is 0.250 e. The quantitative estimate of drug-likeness (QED) is 0.124. The molecule has 0 bridgehead atoms. The summed E-state index contributed by atoms with van der Waals surface area (Å²) in [5.74, 6) is 0.0864. The molecule has 5 aromatic rings. The van der Waals surface area contributed by atoms with Crippen molar-refractivity contribution in [1.29, 1.82) is 0 Å². The van der Waals surface area contributed by atoms with Gasteiger partial charge in [0.2, 0.25) is 11.0 Å². The molecule has 0 unspecified atom stereocenters. The van der Waals surface area contributed by atoms with E-state index in [1.807, 2.05) is 66.9 Å². The largest absolute Gasteiger partial charge is 0.297 e. The number of thioether (sulfide) groups is 1. The van der Waals surface area contributed by atoms with E-state index in [0.29, 0.717) is 16.4 Å². The van der Waals surface area contributed by atoms with E-state index in [4.69, 9.17) is 0 Å². The van der Waals surface area contributed by atoms with Crippen molar-refractivity contribution < 1.29 is 9.18 Å². The standard InChI is InChI=1S/C29H22FN5OS2/c30-24-16-13-22(14-17-24)27-23(20-35(34-27)25-11-5-2-6-12-25)15-18-26(36)31-28-32-33-29(38-28)37-19-7-10-21-8-3-1-4-9-21/h1-18,20H,19H2,(H,31,32,36)/b10-7+,18-15+. The van der Waals surface area contributed by atoms with E-state index in [0.717, 1.165) is 26.9 Å². The number of halogens is 1. The van der Waals surface area contributed by atoms with Gasteiger partial charge >= 0.3 is 0 Å². The fourth-order valence-electron chi connectivity index (χ4n) is 3.55. The smallest absolute Gasteiger partial charge is 0.250 e. The van der Waals surface area contributed by atoms with Gasteiger partial charge < -0.3 is 0 Å². The molecule has 1 amide bonds. The van der Waals surface area contributed by atoms with Gasteiger partial charge in [-0.25, -0.2) is 9.07 Å². The molecule has 0 spiro atoms. The monoisotopic (exact) mass is 539 g/mol. The molecule has 1 N–H and O–H groups in total. The van der Waals surface area contributed by atoms with E-state index in [1.165, 1.54) is 29.5 Å². The topological polar surface area (TPSA) is 72.7 Å². The molecule has 0 radical (unpaired) electrons. The van der Waals surface area contributed by atoms with Crippen LogP contribution in [-0.2, 0) is 4.79 Å². The SMILES string of the molecule is O=C(/C=C/c1cn(-c2ccccc2)nc1-c1ccc(F)cc1)Nc1nnc(SC/C=C/c2ccccc2)s1. The van der Waals surface area contributed by atoms with E-state index >= 15 is 0 Å². The zero-order chi connectivity index (χ0) is 26.2. The van der Waals surface area contributed by atoms with Crippen LogP contribution in [-0.4, -0.2) is 31.6 Å². The Labute approximate surface area is 227 Å². The Morgan fingerprint density at radius 1 is 0.947 bits per heavy atom. The molecular formula is C29H22FN5OS2. The van der Waals surface area contributed by atoms with Gasteiger partial charge in [0.25, 0.3) is 0 Å². The van der Waals surface area contributed by atoms with Crippen molar-refractivity contribution in [3.05, 3.63) is 120 Å². The summed E-state index contributed by atoms with van der Waals surface area (Å²) in [6.07, 6.45) is 9.07. The Balaban J connectivity index is 1.25. The van der Waals surface area contributed by atoms with Crippen molar-refractivity contribution >= 4 is 46.3 Å². The Morgan fingerprint density at radius 3 is 2.45 bits per heavy atom. The number of anilines is 1. The number of nitrogens with one attached hydrogen (secondary N) is 1. The second-order valence-electron chi connectivity index (χ2n) is 8.04. The number of para-hydroxylation sites is 1.